The minimum atomic E-state index is -4.97. The van der Waals surface area contributed by atoms with Gasteiger partial charge in [-0.3, -0.25) is 4.90 Å². The van der Waals surface area contributed by atoms with Gasteiger partial charge in [0.15, 0.2) is 6.29 Å². The van der Waals surface area contributed by atoms with Crippen LogP contribution in [0.3, 0.4) is 0 Å². The monoisotopic (exact) mass is 544 g/mol. The van der Waals surface area contributed by atoms with E-state index in [4.69, 9.17) is 9.47 Å². The molecule has 2 saturated heterocycles. The van der Waals surface area contributed by atoms with Crippen molar-refractivity contribution in [2.24, 2.45) is 0 Å². The summed E-state index contributed by atoms with van der Waals surface area (Å²) < 4.78 is 106. The summed E-state index contributed by atoms with van der Waals surface area (Å²) >= 11 is 0. The van der Waals surface area contributed by atoms with Gasteiger partial charge in [-0.25, -0.2) is 4.39 Å². The second-order valence-corrected chi connectivity index (χ2v) is 9.32. The molecule has 0 bridgehead atoms. The van der Waals surface area contributed by atoms with Gasteiger partial charge in [0.05, 0.1) is 36.4 Å². The van der Waals surface area contributed by atoms with E-state index in [1.807, 2.05) is 4.90 Å². The summed E-state index contributed by atoms with van der Waals surface area (Å²) in [6.07, 6.45) is -10.4. The first kappa shape index (κ1) is 28.4. The van der Waals surface area contributed by atoms with Gasteiger partial charge in [-0.15, -0.1) is 5.92 Å². The molecule has 206 valence electrons. The van der Waals surface area contributed by atoms with Gasteiger partial charge in [0.1, 0.15) is 5.82 Å². The molecule has 2 aromatic rings. The molecule has 0 radical (unpaired) electrons. The molecule has 0 amide bonds. The molecule has 38 heavy (non-hydrogen) atoms. The van der Waals surface area contributed by atoms with E-state index in [0.717, 1.165) is 13.0 Å². The van der Waals surface area contributed by atoms with Gasteiger partial charge in [-0.05, 0) is 61.3 Å². The molecule has 2 aliphatic heterocycles. The van der Waals surface area contributed by atoms with E-state index in [2.05, 4.69) is 17.2 Å². The van der Waals surface area contributed by atoms with Crippen LogP contribution in [0.25, 0.3) is 0 Å². The number of hydrogen-bond donors (Lipinski definition) is 1. The largest absolute Gasteiger partial charge is 0.416 e. The van der Waals surface area contributed by atoms with Gasteiger partial charge in [0.25, 0.3) is 0 Å². The average molecular weight is 545 g/mol. The van der Waals surface area contributed by atoms with E-state index < -0.39 is 47.7 Å². The fourth-order valence-electron chi connectivity index (χ4n) is 4.38. The highest BCUT2D eigenvalue weighted by molar-refractivity contribution is 5.35. The van der Waals surface area contributed by atoms with Crippen LogP contribution in [0, 0.1) is 17.7 Å². The molecular weight excluding hydrogens is 517 g/mol. The summed E-state index contributed by atoms with van der Waals surface area (Å²) in [7, 11) is 0. The molecule has 1 unspecified atom stereocenters. The van der Waals surface area contributed by atoms with E-state index in [0.29, 0.717) is 43.2 Å². The molecule has 2 fully saturated rings. The highest BCUT2D eigenvalue weighted by atomic mass is 19.4. The molecule has 4 nitrogen and oxygen atoms in total. The fraction of sp³-hybridized carbons (Fsp3) is 0.481. The van der Waals surface area contributed by atoms with E-state index in [9.17, 15) is 30.7 Å². The van der Waals surface area contributed by atoms with Gasteiger partial charge < -0.3 is 14.8 Å². The minimum absolute atomic E-state index is 0.0776. The van der Waals surface area contributed by atoms with Crippen molar-refractivity contribution in [3.63, 3.8) is 0 Å². The SMILES string of the molecule is C[C@@H](O[C@H]1OCCN(CC#CCC2CCN2)[C@H]1c1ccc(F)cc1)c1cc(C(F)(F)F)cc(C(F)(F)F)c1. The molecule has 0 aromatic heterocycles. The van der Waals surface area contributed by atoms with Crippen molar-refractivity contribution in [1.29, 1.82) is 0 Å². The molecule has 2 aromatic carbocycles. The Morgan fingerprint density at radius 1 is 1.03 bits per heavy atom. The van der Waals surface area contributed by atoms with Crippen molar-refractivity contribution in [2.75, 3.05) is 26.2 Å². The van der Waals surface area contributed by atoms with Gasteiger partial charge in [-0.2, -0.15) is 26.3 Å². The molecule has 0 spiro atoms. The average Bonchev–Trinajstić information content (AvgIpc) is 2.82. The number of morpholine rings is 1. The first-order chi connectivity index (χ1) is 17.9. The van der Waals surface area contributed by atoms with Gasteiger partial charge in [-0.1, -0.05) is 18.1 Å². The second-order valence-electron chi connectivity index (χ2n) is 9.32. The first-order valence-corrected chi connectivity index (χ1v) is 12.2. The van der Waals surface area contributed by atoms with Crippen LogP contribution >= 0.6 is 0 Å². The standard InChI is InChI=1S/C27H27F7N2O2/c1-17(19-14-20(26(29,30)31)16-21(15-19)27(32,33)34)38-25-24(18-5-7-22(28)8-6-18)36(12-13-37-25)11-3-2-4-23-9-10-35-23/h5-8,14-17,23-25,35H,4,9-13H2,1H3/t17-,23?,24+,25-/m1/s1. The lowest BCUT2D eigenvalue weighted by molar-refractivity contribution is -0.228. The molecule has 1 N–H and O–H groups in total. The third-order valence-corrected chi connectivity index (χ3v) is 6.62. The van der Waals surface area contributed by atoms with Crippen LogP contribution < -0.4 is 5.32 Å². The van der Waals surface area contributed by atoms with Crippen molar-refractivity contribution < 1.29 is 40.2 Å². The van der Waals surface area contributed by atoms with E-state index >= 15 is 0 Å². The number of nitrogens with one attached hydrogen (secondary N) is 1. The van der Waals surface area contributed by atoms with Gasteiger partial charge in [0, 0.05) is 19.0 Å². The summed E-state index contributed by atoms with van der Waals surface area (Å²) in [5.74, 6) is 5.79. The molecular formula is C27H27F7N2O2. The van der Waals surface area contributed by atoms with E-state index in [-0.39, 0.29) is 18.2 Å². The molecule has 2 aliphatic rings. The van der Waals surface area contributed by atoms with Crippen LogP contribution in [0.15, 0.2) is 42.5 Å². The summed E-state index contributed by atoms with van der Waals surface area (Å²) in [6.45, 7) is 3.32. The molecule has 0 aliphatic carbocycles. The Hall–Kier alpha value is -2.65. The molecule has 11 heteroatoms. The maximum atomic E-state index is 13.6. The number of ether oxygens (including phenoxy) is 2. The lowest BCUT2D eigenvalue weighted by Gasteiger charge is -2.41. The molecule has 4 rings (SSSR count). The third-order valence-electron chi connectivity index (χ3n) is 6.62. The number of benzene rings is 2. The molecule has 4 atom stereocenters. The number of hydrogen-bond acceptors (Lipinski definition) is 4. The van der Waals surface area contributed by atoms with Crippen molar-refractivity contribution in [1.82, 2.24) is 10.2 Å². The normalized spacial score (nSPS) is 23.3. The zero-order chi connectivity index (χ0) is 27.5. The maximum absolute atomic E-state index is 13.6. The topological polar surface area (TPSA) is 33.7 Å². The smallest absolute Gasteiger partial charge is 0.349 e. The summed E-state index contributed by atoms with van der Waals surface area (Å²) in [5.41, 5.74) is -2.52. The van der Waals surface area contributed by atoms with Crippen LogP contribution in [-0.2, 0) is 21.8 Å². The van der Waals surface area contributed by atoms with Crippen molar-refractivity contribution >= 4 is 0 Å². The zero-order valence-corrected chi connectivity index (χ0v) is 20.5. The number of nitrogens with zero attached hydrogens (tertiary/aromatic N) is 1. The summed E-state index contributed by atoms with van der Waals surface area (Å²) in [6, 6.07) is 6.73. The van der Waals surface area contributed by atoms with Crippen LogP contribution in [0.1, 0.15) is 54.2 Å². The summed E-state index contributed by atoms with van der Waals surface area (Å²) in [4.78, 5) is 1.95. The van der Waals surface area contributed by atoms with Crippen LogP contribution in [0.2, 0.25) is 0 Å². The number of alkyl halides is 6. The Labute approximate surface area is 216 Å². The van der Waals surface area contributed by atoms with Crippen molar-refractivity contribution in [2.45, 2.75) is 56.6 Å². The predicted octanol–water partition coefficient (Wildman–Crippen LogP) is 6.10. The van der Waals surface area contributed by atoms with Crippen LogP contribution in [0.4, 0.5) is 30.7 Å². The van der Waals surface area contributed by atoms with Gasteiger partial charge in [0.2, 0.25) is 0 Å². The minimum Gasteiger partial charge on any atom is -0.349 e. The highest BCUT2D eigenvalue weighted by Crippen LogP contribution is 2.39. The second kappa shape index (κ2) is 11.6. The lowest BCUT2D eigenvalue weighted by Crippen LogP contribution is -2.47. The van der Waals surface area contributed by atoms with Crippen molar-refractivity contribution in [3.05, 3.63) is 70.5 Å². The quantitative estimate of drug-likeness (QED) is 0.352. The lowest BCUT2D eigenvalue weighted by atomic mass is 10.0. The van der Waals surface area contributed by atoms with Gasteiger partial charge >= 0.3 is 12.4 Å². The van der Waals surface area contributed by atoms with Crippen LogP contribution in [-0.4, -0.2) is 43.5 Å². The zero-order valence-electron chi connectivity index (χ0n) is 20.5. The van der Waals surface area contributed by atoms with E-state index in [1.165, 1.54) is 19.1 Å². The van der Waals surface area contributed by atoms with E-state index in [1.54, 1.807) is 12.1 Å². The first-order valence-electron chi connectivity index (χ1n) is 12.2. The fourth-order valence-corrected chi connectivity index (χ4v) is 4.38. The number of halogens is 7. The Morgan fingerprint density at radius 2 is 1.66 bits per heavy atom. The molecule has 0 saturated carbocycles. The molecule has 2 heterocycles. The third kappa shape index (κ3) is 7.05. The number of rotatable bonds is 6. The highest BCUT2D eigenvalue weighted by Gasteiger charge is 2.39. The Balaban J connectivity index is 1.59. The maximum Gasteiger partial charge on any atom is 0.416 e. The Bertz CT molecular complexity index is 1120. The predicted molar refractivity (Wildman–Crippen MR) is 125 cm³/mol. The Kier molecular flexibility index (Phi) is 8.67. The van der Waals surface area contributed by atoms with Crippen molar-refractivity contribution in [3.8, 4) is 11.8 Å². The Morgan fingerprint density at radius 3 is 2.21 bits per heavy atom. The van der Waals surface area contributed by atoms with Crippen LogP contribution in [0.5, 0.6) is 0 Å². The summed E-state index contributed by atoms with van der Waals surface area (Å²) in [5, 5.41) is 3.26.